The monoisotopic (exact) mass is 310 g/mol. The van der Waals surface area contributed by atoms with Crippen LogP contribution in [-0.2, 0) is 15.4 Å². The van der Waals surface area contributed by atoms with Gasteiger partial charge in [-0.3, -0.25) is 0 Å². The zero-order valence-corrected chi connectivity index (χ0v) is 14.3. The van der Waals surface area contributed by atoms with Crippen LogP contribution in [-0.4, -0.2) is 44.7 Å². The van der Waals surface area contributed by atoms with Crippen LogP contribution in [0, 0.1) is 0 Å². The van der Waals surface area contributed by atoms with Crippen LogP contribution >= 0.6 is 0 Å². The molecular weight excluding hydrogens is 284 g/mol. The summed E-state index contributed by atoms with van der Waals surface area (Å²) in [5.41, 5.74) is 2.65. The summed E-state index contributed by atoms with van der Waals surface area (Å²) in [4.78, 5) is 2.26. The van der Waals surface area contributed by atoms with E-state index >= 15 is 0 Å². The molecule has 1 aliphatic heterocycles. The quantitative estimate of drug-likeness (QED) is 0.861. The fraction of sp³-hybridized carbons (Fsp3) is 0.625. The molecule has 0 bridgehead atoms. The van der Waals surface area contributed by atoms with E-state index in [4.69, 9.17) is 0 Å². The highest BCUT2D eigenvalue weighted by molar-refractivity contribution is 7.89. The molecule has 1 aromatic rings. The summed E-state index contributed by atoms with van der Waals surface area (Å²) in [5.74, 6) is 0.188. The Bertz CT molecular complexity index is 565. The Balaban J connectivity index is 2.03. The highest BCUT2D eigenvalue weighted by atomic mass is 32.2. The lowest BCUT2D eigenvalue weighted by atomic mass is 9.87. The van der Waals surface area contributed by atoms with Crippen molar-refractivity contribution in [2.24, 2.45) is 0 Å². The van der Waals surface area contributed by atoms with Crippen molar-refractivity contribution in [3.63, 3.8) is 0 Å². The van der Waals surface area contributed by atoms with Crippen LogP contribution in [0.1, 0.15) is 33.3 Å². The van der Waals surface area contributed by atoms with E-state index in [2.05, 4.69) is 49.9 Å². The van der Waals surface area contributed by atoms with Gasteiger partial charge in [0.05, 0.1) is 5.75 Å². The van der Waals surface area contributed by atoms with Crippen molar-refractivity contribution in [1.82, 2.24) is 4.31 Å². The largest absolute Gasteiger partial charge is 0.369 e. The molecule has 21 heavy (non-hydrogen) atoms. The van der Waals surface area contributed by atoms with Gasteiger partial charge in [0, 0.05) is 31.9 Å². The van der Waals surface area contributed by atoms with Gasteiger partial charge in [0.2, 0.25) is 10.0 Å². The van der Waals surface area contributed by atoms with Crippen LogP contribution in [0.25, 0.3) is 0 Å². The molecule has 0 amide bonds. The van der Waals surface area contributed by atoms with Gasteiger partial charge in [0.1, 0.15) is 0 Å². The number of hydrogen-bond donors (Lipinski definition) is 0. The zero-order valence-electron chi connectivity index (χ0n) is 13.5. The molecule has 1 aliphatic rings. The number of piperazine rings is 1. The fourth-order valence-electron chi connectivity index (χ4n) is 2.58. The average Bonchev–Trinajstić information content (AvgIpc) is 2.47. The van der Waals surface area contributed by atoms with Gasteiger partial charge in [-0.25, -0.2) is 8.42 Å². The predicted molar refractivity (Wildman–Crippen MR) is 88.4 cm³/mol. The molecule has 1 saturated heterocycles. The third-order valence-corrected chi connectivity index (χ3v) is 5.98. The minimum atomic E-state index is -3.05. The van der Waals surface area contributed by atoms with Crippen molar-refractivity contribution in [3.05, 3.63) is 29.8 Å². The molecule has 1 aromatic carbocycles. The fourth-order valence-corrected chi connectivity index (χ4v) is 3.66. The first-order chi connectivity index (χ1) is 9.74. The maximum atomic E-state index is 11.9. The molecule has 0 radical (unpaired) electrons. The number of hydrogen-bond acceptors (Lipinski definition) is 3. The SMILES string of the molecule is CCS(=O)(=O)N1CCN(c2ccc(C(C)(C)C)cc2)CC1. The Morgan fingerprint density at radius 1 is 1.00 bits per heavy atom. The maximum absolute atomic E-state index is 11.9. The molecule has 5 heteroatoms. The van der Waals surface area contributed by atoms with E-state index in [1.165, 1.54) is 11.3 Å². The van der Waals surface area contributed by atoms with Crippen LogP contribution in [0.4, 0.5) is 5.69 Å². The number of rotatable bonds is 3. The van der Waals surface area contributed by atoms with Gasteiger partial charge in [0.15, 0.2) is 0 Å². The summed E-state index contributed by atoms with van der Waals surface area (Å²) in [5, 5.41) is 0. The molecule has 0 atom stereocenters. The average molecular weight is 310 g/mol. The molecule has 0 aliphatic carbocycles. The molecule has 1 fully saturated rings. The Labute approximate surface area is 128 Å². The van der Waals surface area contributed by atoms with Crippen LogP contribution in [0.5, 0.6) is 0 Å². The number of anilines is 1. The smallest absolute Gasteiger partial charge is 0.213 e. The third kappa shape index (κ3) is 3.77. The summed E-state index contributed by atoms with van der Waals surface area (Å²) < 4.78 is 25.3. The predicted octanol–water partition coefficient (Wildman–Crippen LogP) is 2.46. The summed E-state index contributed by atoms with van der Waals surface area (Å²) >= 11 is 0. The highest BCUT2D eigenvalue weighted by Gasteiger charge is 2.25. The van der Waals surface area contributed by atoms with Crippen molar-refractivity contribution >= 4 is 15.7 Å². The summed E-state index contributed by atoms with van der Waals surface area (Å²) in [6.45, 7) is 11.0. The zero-order chi connectivity index (χ0) is 15.7. The van der Waals surface area contributed by atoms with Gasteiger partial charge in [-0.2, -0.15) is 4.31 Å². The van der Waals surface area contributed by atoms with Crippen molar-refractivity contribution in [3.8, 4) is 0 Å². The molecule has 0 unspecified atom stereocenters. The van der Waals surface area contributed by atoms with Gasteiger partial charge in [0.25, 0.3) is 0 Å². The molecule has 0 N–H and O–H groups in total. The maximum Gasteiger partial charge on any atom is 0.213 e. The van der Waals surface area contributed by atoms with E-state index in [9.17, 15) is 8.42 Å². The van der Waals surface area contributed by atoms with Gasteiger partial charge in [-0.1, -0.05) is 32.9 Å². The second-order valence-electron chi connectivity index (χ2n) is 6.58. The van der Waals surface area contributed by atoms with Crippen molar-refractivity contribution in [2.45, 2.75) is 33.1 Å². The Hall–Kier alpha value is -1.07. The van der Waals surface area contributed by atoms with Gasteiger partial charge in [-0.05, 0) is 30.0 Å². The first-order valence-electron chi connectivity index (χ1n) is 7.57. The summed E-state index contributed by atoms with van der Waals surface area (Å²) in [6, 6.07) is 8.63. The van der Waals surface area contributed by atoms with E-state index in [1.54, 1.807) is 11.2 Å². The van der Waals surface area contributed by atoms with E-state index in [0.717, 1.165) is 13.1 Å². The molecule has 0 saturated carbocycles. The minimum Gasteiger partial charge on any atom is -0.369 e. The van der Waals surface area contributed by atoms with E-state index in [0.29, 0.717) is 13.1 Å². The van der Waals surface area contributed by atoms with E-state index in [1.807, 2.05) is 0 Å². The van der Waals surface area contributed by atoms with Crippen LogP contribution in [0.15, 0.2) is 24.3 Å². The first-order valence-corrected chi connectivity index (χ1v) is 9.18. The molecule has 2 rings (SSSR count). The molecule has 1 heterocycles. The Morgan fingerprint density at radius 2 is 1.52 bits per heavy atom. The van der Waals surface area contributed by atoms with E-state index < -0.39 is 10.0 Å². The normalized spacial score (nSPS) is 18.0. The van der Waals surface area contributed by atoms with E-state index in [-0.39, 0.29) is 11.2 Å². The Morgan fingerprint density at radius 3 is 1.95 bits per heavy atom. The molecule has 0 aromatic heterocycles. The first kappa shape index (κ1) is 16.3. The van der Waals surface area contributed by atoms with Crippen LogP contribution in [0.3, 0.4) is 0 Å². The van der Waals surface area contributed by atoms with Crippen molar-refractivity contribution in [1.29, 1.82) is 0 Å². The second kappa shape index (κ2) is 5.97. The van der Waals surface area contributed by atoms with Crippen LogP contribution < -0.4 is 4.90 Å². The summed E-state index contributed by atoms with van der Waals surface area (Å²) in [7, 11) is -3.05. The molecule has 4 nitrogen and oxygen atoms in total. The highest BCUT2D eigenvalue weighted by Crippen LogP contribution is 2.25. The van der Waals surface area contributed by atoms with Gasteiger partial charge < -0.3 is 4.90 Å². The van der Waals surface area contributed by atoms with Crippen molar-refractivity contribution in [2.75, 3.05) is 36.8 Å². The third-order valence-electron chi connectivity index (χ3n) is 4.10. The number of sulfonamides is 1. The lowest BCUT2D eigenvalue weighted by Gasteiger charge is -2.35. The van der Waals surface area contributed by atoms with Gasteiger partial charge >= 0.3 is 0 Å². The van der Waals surface area contributed by atoms with Crippen LogP contribution in [0.2, 0.25) is 0 Å². The Kier molecular flexibility index (Phi) is 4.63. The second-order valence-corrected chi connectivity index (χ2v) is 8.84. The lowest BCUT2D eigenvalue weighted by Crippen LogP contribution is -2.49. The molecular formula is C16H26N2O2S. The number of nitrogens with zero attached hydrogens (tertiary/aromatic N) is 2. The number of benzene rings is 1. The van der Waals surface area contributed by atoms with Gasteiger partial charge in [-0.15, -0.1) is 0 Å². The van der Waals surface area contributed by atoms with Crippen molar-refractivity contribution < 1.29 is 8.42 Å². The minimum absolute atomic E-state index is 0.159. The topological polar surface area (TPSA) is 40.6 Å². The summed E-state index contributed by atoms with van der Waals surface area (Å²) in [6.07, 6.45) is 0. The molecule has 118 valence electrons. The standard InChI is InChI=1S/C16H26N2O2S/c1-5-21(19,20)18-12-10-17(11-13-18)15-8-6-14(7-9-15)16(2,3)4/h6-9H,5,10-13H2,1-4H3. The molecule has 0 spiro atoms. The lowest BCUT2D eigenvalue weighted by molar-refractivity contribution is 0.385.